The lowest BCUT2D eigenvalue weighted by Gasteiger charge is -2.25. The summed E-state index contributed by atoms with van der Waals surface area (Å²) >= 11 is 0. The molecule has 3 aromatic rings. The summed E-state index contributed by atoms with van der Waals surface area (Å²) < 4.78 is 15.4. The molecule has 0 bridgehead atoms. The summed E-state index contributed by atoms with van der Waals surface area (Å²) in [7, 11) is 0. The van der Waals surface area contributed by atoms with Gasteiger partial charge in [0.1, 0.15) is 17.5 Å². The molecular weight excluding hydrogens is 431 g/mol. The standard InChI is InChI=1S/C26H33FN6O/c1-18-24-25(32-14-6-13-31(15-16-32)19(2)34)28-23(17-20-7-4-3-5-8-20)29-26(24)33(30-18)22-11-9-21(27)10-12-22/h9-12,20H,3-8,13-17H2,1-2H3. The summed E-state index contributed by atoms with van der Waals surface area (Å²) in [6.45, 7) is 6.63. The normalized spacial score (nSPS) is 17.9. The van der Waals surface area contributed by atoms with Crippen molar-refractivity contribution in [3.05, 3.63) is 41.6 Å². The van der Waals surface area contributed by atoms with E-state index in [1.165, 1.54) is 44.2 Å². The molecule has 1 aromatic carbocycles. The van der Waals surface area contributed by atoms with Crippen LogP contribution >= 0.6 is 0 Å². The molecule has 1 amide bonds. The van der Waals surface area contributed by atoms with E-state index in [2.05, 4.69) is 4.90 Å². The molecule has 1 saturated heterocycles. The van der Waals surface area contributed by atoms with Gasteiger partial charge in [0.15, 0.2) is 5.65 Å². The Morgan fingerprint density at radius 2 is 1.76 bits per heavy atom. The fourth-order valence-electron chi connectivity index (χ4n) is 5.38. The van der Waals surface area contributed by atoms with Gasteiger partial charge in [0.25, 0.3) is 0 Å². The molecule has 7 nitrogen and oxygen atoms in total. The first-order valence-corrected chi connectivity index (χ1v) is 12.5. The molecule has 0 N–H and O–H groups in total. The molecule has 180 valence electrons. The third-order valence-corrected chi connectivity index (χ3v) is 7.24. The van der Waals surface area contributed by atoms with Crippen LogP contribution in [0, 0.1) is 18.7 Å². The average Bonchev–Trinajstić information content (AvgIpc) is 3.00. The lowest BCUT2D eigenvalue weighted by molar-refractivity contribution is -0.128. The highest BCUT2D eigenvalue weighted by atomic mass is 19.1. The number of rotatable bonds is 4. The van der Waals surface area contributed by atoms with Gasteiger partial charge in [-0.1, -0.05) is 32.1 Å². The van der Waals surface area contributed by atoms with E-state index in [-0.39, 0.29) is 11.7 Å². The Morgan fingerprint density at radius 3 is 2.50 bits per heavy atom. The highest BCUT2D eigenvalue weighted by Gasteiger charge is 2.25. The smallest absolute Gasteiger partial charge is 0.219 e. The number of anilines is 1. The maximum absolute atomic E-state index is 13.6. The summed E-state index contributed by atoms with van der Waals surface area (Å²) in [6.07, 6.45) is 8.09. The van der Waals surface area contributed by atoms with Crippen molar-refractivity contribution < 1.29 is 9.18 Å². The Hall–Kier alpha value is -3.03. The van der Waals surface area contributed by atoms with E-state index in [4.69, 9.17) is 15.1 Å². The van der Waals surface area contributed by atoms with Gasteiger partial charge in [0.2, 0.25) is 5.91 Å². The fourth-order valence-corrected chi connectivity index (χ4v) is 5.38. The summed E-state index contributed by atoms with van der Waals surface area (Å²) in [5, 5.41) is 5.74. The molecule has 0 atom stereocenters. The third-order valence-electron chi connectivity index (χ3n) is 7.24. The van der Waals surface area contributed by atoms with Crippen molar-refractivity contribution in [1.82, 2.24) is 24.6 Å². The maximum Gasteiger partial charge on any atom is 0.219 e. The van der Waals surface area contributed by atoms with E-state index in [0.717, 1.165) is 66.5 Å². The van der Waals surface area contributed by atoms with Crippen molar-refractivity contribution in [3.8, 4) is 5.69 Å². The molecule has 1 aliphatic heterocycles. The number of hydrogen-bond acceptors (Lipinski definition) is 5. The van der Waals surface area contributed by atoms with Crippen LogP contribution in [0.2, 0.25) is 0 Å². The topological polar surface area (TPSA) is 67.2 Å². The van der Waals surface area contributed by atoms with E-state index in [9.17, 15) is 9.18 Å². The SMILES string of the molecule is CC(=O)N1CCCN(c2nc(CC3CCCCC3)nc3c2c(C)nn3-c2ccc(F)cc2)CC1. The van der Waals surface area contributed by atoms with Crippen LogP contribution in [0.4, 0.5) is 10.2 Å². The zero-order valence-corrected chi connectivity index (χ0v) is 20.1. The Bertz CT molecular complexity index is 1170. The van der Waals surface area contributed by atoms with Gasteiger partial charge >= 0.3 is 0 Å². The minimum absolute atomic E-state index is 0.119. The second-order valence-electron chi connectivity index (χ2n) is 9.69. The molecule has 0 radical (unpaired) electrons. The summed E-state index contributed by atoms with van der Waals surface area (Å²) in [4.78, 5) is 26.3. The van der Waals surface area contributed by atoms with Gasteiger partial charge in [0.05, 0.1) is 16.8 Å². The molecule has 5 rings (SSSR count). The monoisotopic (exact) mass is 464 g/mol. The maximum atomic E-state index is 13.6. The second kappa shape index (κ2) is 9.68. The minimum Gasteiger partial charge on any atom is -0.354 e. The molecule has 2 aromatic heterocycles. The van der Waals surface area contributed by atoms with Crippen LogP contribution < -0.4 is 4.90 Å². The van der Waals surface area contributed by atoms with Crippen molar-refractivity contribution >= 4 is 22.8 Å². The van der Waals surface area contributed by atoms with Gasteiger partial charge in [-0.05, 0) is 43.5 Å². The van der Waals surface area contributed by atoms with E-state index in [1.54, 1.807) is 19.1 Å². The molecule has 1 aliphatic carbocycles. The Balaban J connectivity index is 1.59. The molecule has 8 heteroatoms. The fraction of sp³-hybridized carbons (Fsp3) is 0.538. The van der Waals surface area contributed by atoms with Crippen molar-refractivity contribution in [3.63, 3.8) is 0 Å². The zero-order chi connectivity index (χ0) is 23.7. The van der Waals surface area contributed by atoms with Gasteiger partial charge in [-0.3, -0.25) is 4.79 Å². The number of benzene rings is 1. The third kappa shape index (κ3) is 4.63. The second-order valence-corrected chi connectivity index (χ2v) is 9.69. The van der Waals surface area contributed by atoms with Gasteiger partial charge < -0.3 is 9.80 Å². The van der Waals surface area contributed by atoms with Crippen molar-refractivity contribution in [1.29, 1.82) is 0 Å². The number of carbonyl (C=O) groups is 1. The largest absolute Gasteiger partial charge is 0.354 e. The lowest BCUT2D eigenvalue weighted by atomic mass is 9.87. The molecule has 34 heavy (non-hydrogen) atoms. The van der Waals surface area contributed by atoms with Crippen LogP contribution in [-0.4, -0.2) is 56.7 Å². The molecule has 0 spiro atoms. The molecule has 1 saturated carbocycles. The van der Waals surface area contributed by atoms with Gasteiger partial charge in [0, 0.05) is 39.5 Å². The average molecular weight is 465 g/mol. The predicted octanol–water partition coefficient (Wildman–Crippen LogP) is 4.44. The van der Waals surface area contributed by atoms with E-state index >= 15 is 0 Å². The molecule has 0 unspecified atom stereocenters. The van der Waals surface area contributed by atoms with Crippen molar-refractivity contribution in [2.45, 2.75) is 58.8 Å². The Morgan fingerprint density at radius 1 is 1.00 bits per heavy atom. The first-order valence-electron chi connectivity index (χ1n) is 12.5. The van der Waals surface area contributed by atoms with Gasteiger partial charge in [-0.25, -0.2) is 19.0 Å². The van der Waals surface area contributed by atoms with E-state index in [0.29, 0.717) is 12.5 Å². The number of aryl methyl sites for hydroxylation is 1. The number of nitrogens with zero attached hydrogens (tertiary/aromatic N) is 6. The van der Waals surface area contributed by atoms with Gasteiger partial charge in [-0.2, -0.15) is 5.10 Å². The van der Waals surface area contributed by atoms with Crippen LogP contribution in [-0.2, 0) is 11.2 Å². The predicted molar refractivity (Wildman–Crippen MR) is 131 cm³/mol. The molecule has 2 fully saturated rings. The summed E-state index contributed by atoms with van der Waals surface area (Å²) in [6, 6.07) is 6.38. The summed E-state index contributed by atoms with van der Waals surface area (Å²) in [5.41, 5.74) is 2.41. The van der Waals surface area contributed by atoms with E-state index < -0.39 is 0 Å². The first kappa shape index (κ1) is 22.7. The quantitative estimate of drug-likeness (QED) is 0.571. The number of halogens is 1. The number of aromatic nitrogens is 4. The number of amides is 1. The number of carbonyl (C=O) groups excluding carboxylic acids is 1. The Labute approximate surface area is 200 Å². The van der Waals surface area contributed by atoms with Crippen LogP contribution in [0.3, 0.4) is 0 Å². The Kier molecular flexibility index (Phi) is 6.48. The van der Waals surface area contributed by atoms with Crippen molar-refractivity contribution in [2.75, 3.05) is 31.1 Å². The lowest BCUT2D eigenvalue weighted by Crippen LogP contribution is -2.34. The molecular formula is C26H33FN6O. The molecule has 2 aliphatic rings. The van der Waals surface area contributed by atoms with Crippen molar-refractivity contribution in [2.24, 2.45) is 5.92 Å². The number of hydrogen-bond donors (Lipinski definition) is 0. The van der Waals surface area contributed by atoms with Crippen LogP contribution in [0.15, 0.2) is 24.3 Å². The van der Waals surface area contributed by atoms with Crippen LogP contribution in [0.25, 0.3) is 16.7 Å². The zero-order valence-electron chi connectivity index (χ0n) is 20.1. The van der Waals surface area contributed by atoms with Crippen LogP contribution in [0.1, 0.15) is 57.0 Å². The van der Waals surface area contributed by atoms with E-state index in [1.807, 2.05) is 16.5 Å². The first-order chi connectivity index (χ1) is 16.5. The minimum atomic E-state index is -0.273. The van der Waals surface area contributed by atoms with Crippen LogP contribution in [0.5, 0.6) is 0 Å². The highest BCUT2D eigenvalue weighted by molar-refractivity contribution is 5.91. The summed E-state index contributed by atoms with van der Waals surface area (Å²) in [5.74, 6) is 2.22. The number of fused-ring (bicyclic) bond motifs is 1. The van der Waals surface area contributed by atoms with Gasteiger partial charge in [-0.15, -0.1) is 0 Å². The highest BCUT2D eigenvalue weighted by Crippen LogP contribution is 2.32. The molecule has 3 heterocycles.